The number of hydrogen-bond donors (Lipinski definition) is 3. The van der Waals surface area contributed by atoms with Gasteiger partial charge in [-0.05, 0) is 32.9 Å². The summed E-state index contributed by atoms with van der Waals surface area (Å²) < 4.78 is 27.3. The average molecular weight is 327 g/mol. The summed E-state index contributed by atoms with van der Waals surface area (Å²) in [6.07, 6.45) is 1.26. The van der Waals surface area contributed by atoms with Crippen LogP contribution >= 0.6 is 11.3 Å². The Balaban J connectivity index is 2.22. The Morgan fingerprint density at radius 1 is 1.33 bits per heavy atom. The molecule has 1 atom stereocenters. The van der Waals surface area contributed by atoms with Gasteiger partial charge in [-0.3, -0.25) is 0 Å². The first-order chi connectivity index (χ1) is 9.83. The van der Waals surface area contributed by atoms with Crippen LogP contribution in [0.15, 0.2) is 23.2 Å². The van der Waals surface area contributed by atoms with E-state index in [4.69, 9.17) is 5.84 Å². The number of hydrogen-bond acceptors (Lipinski definition) is 7. The first-order valence-corrected chi connectivity index (χ1v) is 8.52. The highest BCUT2D eigenvalue weighted by Crippen LogP contribution is 2.25. The van der Waals surface area contributed by atoms with Crippen molar-refractivity contribution in [1.29, 1.82) is 0 Å². The molecule has 2 heterocycles. The van der Waals surface area contributed by atoms with Gasteiger partial charge in [-0.2, -0.15) is 0 Å². The molecule has 2 aromatic rings. The third-order valence-corrected chi connectivity index (χ3v) is 5.64. The van der Waals surface area contributed by atoms with Crippen molar-refractivity contribution in [1.82, 2.24) is 14.7 Å². The zero-order chi connectivity index (χ0) is 15.6. The number of aryl methyl sites for hydroxylation is 2. The van der Waals surface area contributed by atoms with E-state index in [-0.39, 0.29) is 10.9 Å². The fourth-order valence-corrected chi connectivity index (χ4v) is 4.09. The van der Waals surface area contributed by atoms with Crippen molar-refractivity contribution < 1.29 is 8.42 Å². The van der Waals surface area contributed by atoms with Crippen LogP contribution in [0.2, 0.25) is 0 Å². The fraction of sp³-hybridized carbons (Fsp3) is 0.333. The molecule has 114 valence electrons. The quantitative estimate of drug-likeness (QED) is 0.567. The van der Waals surface area contributed by atoms with E-state index in [1.54, 1.807) is 6.92 Å². The maximum absolute atomic E-state index is 12.3. The van der Waals surface area contributed by atoms with Crippen LogP contribution in [0.3, 0.4) is 0 Å². The largest absolute Gasteiger partial charge is 0.308 e. The van der Waals surface area contributed by atoms with Crippen LogP contribution in [0.1, 0.15) is 28.5 Å². The Bertz CT molecular complexity index is 725. The fourth-order valence-electron chi connectivity index (χ4n) is 1.93. The number of hydrazine groups is 1. The molecule has 0 spiro atoms. The molecule has 0 radical (unpaired) electrons. The number of nitrogens with zero attached hydrogens (tertiary/aromatic N) is 2. The molecule has 0 bridgehead atoms. The van der Waals surface area contributed by atoms with Crippen LogP contribution in [-0.2, 0) is 10.0 Å². The Hall–Kier alpha value is -1.55. The predicted octanol–water partition coefficient (Wildman–Crippen LogP) is 1.48. The summed E-state index contributed by atoms with van der Waals surface area (Å²) in [5, 5.41) is 0.911. The number of anilines is 1. The number of thiazole rings is 1. The molecule has 1 unspecified atom stereocenters. The summed E-state index contributed by atoms with van der Waals surface area (Å²) in [6.45, 7) is 5.55. The summed E-state index contributed by atoms with van der Waals surface area (Å²) in [6, 6.07) is 2.59. The van der Waals surface area contributed by atoms with Gasteiger partial charge in [-0.15, -0.1) is 11.3 Å². The highest BCUT2D eigenvalue weighted by atomic mass is 32.2. The molecule has 0 amide bonds. The first kappa shape index (κ1) is 15.8. The minimum absolute atomic E-state index is 0.0900. The standard InChI is InChI=1S/C12H17N5O2S2/c1-7-12(20-9(3)15-7)8(2)17-21(18,19)10-4-5-11(16-13)14-6-10/h4-6,8,17H,13H2,1-3H3,(H,14,16). The lowest BCUT2D eigenvalue weighted by atomic mass is 10.2. The van der Waals surface area contributed by atoms with Crippen molar-refractivity contribution in [2.24, 2.45) is 5.84 Å². The molecule has 21 heavy (non-hydrogen) atoms. The molecule has 9 heteroatoms. The van der Waals surface area contributed by atoms with Crippen molar-refractivity contribution in [2.75, 3.05) is 5.43 Å². The van der Waals surface area contributed by atoms with Gasteiger partial charge in [-0.1, -0.05) is 0 Å². The molecule has 0 saturated carbocycles. The van der Waals surface area contributed by atoms with E-state index in [1.165, 1.54) is 29.7 Å². The second-order valence-electron chi connectivity index (χ2n) is 4.55. The zero-order valence-corrected chi connectivity index (χ0v) is 13.5. The van der Waals surface area contributed by atoms with Gasteiger partial charge < -0.3 is 5.43 Å². The molecule has 0 aromatic carbocycles. The summed E-state index contributed by atoms with van der Waals surface area (Å²) in [5.41, 5.74) is 3.19. The molecule has 0 aliphatic heterocycles. The SMILES string of the molecule is Cc1nc(C)c(C(C)NS(=O)(=O)c2ccc(NN)nc2)s1. The monoisotopic (exact) mass is 327 g/mol. The topological polar surface area (TPSA) is 110 Å². The van der Waals surface area contributed by atoms with Gasteiger partial charge in [0.2, 0.25) is 10.0 Å². The van der Waals surface area contributed by atoms with Crippen molar-refractivity contribution in [3.63, 3.8) is 0 Å². The number of nitrogen functional groups attached to an aromatic ring is 1. The van der Waals surface area contributed by atoms with E-state index in [2.05, 4.69) is 20.1 Å². The van der Waals surface area contributed by atoms with Crippen molar-refractivity contribution in [3.8, 4) is 0 Å². The van der Waals surface area contributed by atoms with Gasteiger partial charge in [0, 0.05) is 11.1 Å². The van der Waals surface area contributed by atoms with E-state index in [9.17, 15) is 8.42 Å². The molecular weight excluding hydrogens is 310 g/mol. The van der Waals surface area contributed by atoms with E-state index in [0.717, 1.165) is 15.6 Å². The van der Waals surface area contributed by atoms with Crippen molar-refractivity contribution in [3.05, 3.63) is 33.9 Å². The van der Waals surface area contributed by atoms with Crippen LogP contribution in [0.4, 0.5) is 5.82 Å². The van der Waals surface area contributed by atoms with Crippen LogP contribution in [0.5, 0.6) is 0 Å². The molecule has 0 aliphatic rings. The van der Waals surface area contributed by atoms with E-state index >= 15 is 0 Å². The summed E-state index contributed by atoms with van der Waals surface area (Å²) >= 11 is 1.48. The summed E-state index contributed by atoms with van der Waals surface area (Å²) in [5.74, 6) is 5.60. The maximum atomic E-state index is 12.3. The summed E-state index contributed by atoms with van der Waals surface area (Å²) in [7, 11) is -3.64. The van der Waals surface area contributed by atoms with E-state index in [1.807, 2.05) is 13.8 Å². The third-order valence-electron chi connectivity index (χ3n) is 2.86. The molecule has 0 fully saturated rings. The van der Waals surface area contributed by atoms with Gasteiger partial charge in [0.15, 0.2) is 0 Å². The van der Waals surface area contributed by atoms with Crippen LogP contribution < -0.4 is 16.0 Å². The van der Waals surface area contributed by atoms with Crippen molar-refractivity contribution >= 4 is 27.2 Å². The van der Waals surface area contributed by atoms with Gasteiger partial charge in [0.05, 0.1) is 16.7 Å². The molecule has 2 rings (SSSR count). The Labute approximate surface area is 127 Å². The normalized spacial score (nSPS) is 13.1. The highest BCUT2D eigenvalue weighted by Gasteiger charge is 2.21. The third kappa shape index (κ3) is 3.56. The highest BCUT2D eigenvalue weighted by molar-refractivity contribution is 7.89. The summed E-state index contributed by atoms with van der Waals surface area (Å²) in [4.78, 5) is 9.20. The molecule has 0 aliphatic carbocycles. The number of sulfonamides is 1. The molecule has 4 N–H and O–H groups in total. The van der Waals surface area contributed by atoms with Crippen LogP contribution in [0, 0.1) is 13.8 Å². The smallest absolute Gasteiger partial charge is 0.242 e. The Morgan fingerprint density at radius 3 is 2.52 bits per heavy atom. The first-order valence-electron chi connectivity index (χ1n) is 6.22. The number of pyridine rings is 1. The zero-order valence-electron chi connectivity index (χ0n) is 11.9. The van der Waals surface area contributed by atoms with Crippen molar-refractivity contribution in [2.45, 2.75) is 31.7 Å². The van der Waals surface area contributed by atoms with Gasteiger partial charge >= 0.3 is 0 Å². The van der Waals surface area contributed by atoms with Gasteiger partial charge in [0.1, 0.15) is 10.7 Å². The van der Waals surface area contributed by atoms with Crippen LogP contribution in [0.25, 0.3) is 0 Å². The van der Waals surface area contributed by atoms with E-state index in [0.29, 0.717) is 5.82 Å². The lowest BCUT2D eigenvalue weighted by Crippen LogP contribution is -2.27. The molecule has 0 saturated heterocycles. The lowest BCUT2D eigenvalue weighted by molar-refractivity contribution is 0.567. The lowest BCUT2D eigenvalue weighted by Gasteiger charge is -2.13. The Morgan fingerprint density at radius 2 is 2.05 bits per heavy atom. The van der Waals surface area contributed by atoms with E-state index < -0.39 is 10.0 Å². The molecule has 2 aromatic heterocycles. The number of rotatable bonds is 5. The molecular formula is C12H17N5O2S2. The van der Waals surface area contributed by atoms with Crippen LogP contribution in [-0.4, -0.2) is 18.4 Å². The second-order valence-corrected chi connectivity index (χ2v) is 7.50. The number of nitrogens with two attached hydrogens (primary N) is 1. The minimum Gasteiger partial charge on any atom is -0.308 e. The van der Waals surface area contributed by atoms with Gasteiger partial charge in [-0.25, -0.2) is 29.0 Å². The molecule has 7 nitrogen and oxygen atoms in total. The minimum atomic E-state index is -3.64. The number of nitrogens with one attached hydrogen (secondary N) is 2. The predicted molar refractivity (Wildman–Crippen MR) is 82.4 cm³/mol. The second kappa shape index (κ2) is 6.06. The number of aromatic nitrogens is 2. The maximum Gasteiger partial charge on any atom is 0.242 e. The average Bonchev–Trinajstić information content (AvgIpc) is 2.77. The van der Waals surface area contributed by atoms with Gasteiger partial charge in [0.25, 0.3) is 0 Å². The Kier molecular flexibility index (Phi) is 4.57.